The van der Waals surface area contributed by atoms with Gasteiger partial charge >= 0.3 is 5.97 Å². The Labute approximate surface area is 252 Å². The van der Waals surface area contributed by atoms with Gasteiger partial charge in [0.25, 0.3) is 5.91 Å². The number of alkyl halides is 1. The first-order chi connectivity index (χ1) is 19.7. The third-order valence-electron chi connectivity index (χ3n) is 6.78. The lowest BCUT2D eigenvalue weighted by atomic mass is 9.93. The van der Waals surface area contributed by atoms with Gasteiger partial charge in [0.2, 0.25) is 5.91 Å². The fourth-order valence-corrected chi connectivity index (χ4v) is 4.76. The van der Waals surface area contributed by atoms with Crippen molar-refractivity contribution in [3.8, 4) is 11.5 Å². The number of methoxy groups -OCH3 is 1. The maximum absolute atomic E-state index is 14.0. The summed E-state index contributed by atoms with van der Waals surface area (Å²) in [5, 5.41) is 7.30. The normalized spacial score (nSPS) is 16.0. The molecule has 1 atom stereocenters. The molecule has 0 bridgehead atoms. The molecule has 2 amide bonds. The van der Waals surface area contributed by atoms with Crippen molar-refractivity contribution in [2.24, 2.45) is 0 Å². The van der Waals surface area contributed by atoms with Crippen molar-refractivity contribution in [2.45, 2.75) is 32.1 Å². The van der Waals surface area contributed by atoms with Crippen LogP contribution < -0.4 is 14.8 Å². The van der Waals surface area contributed by atoms with Crippen LogP contribution in [0.25, 0.3) is 0 Å². The Kier molecular flexibility index (Phi) is 9.48. The largest absolute Gasteiger partial charge is 0.497 e. The van der Waals surface area contributed by atoms with Crippen molar-refractivity contribution in [1.82, 2.24) is 20.0 Å². The van der Waals surface area contributed by atoms with Crippen molar-refractivity contribution >= 4 is 40.4 Å². The van der Waals surface area contributed by atoms with E-state index >= 15 is 0 Å². The molecular formula is C30H31IN4O6. The van der Waals surface area contributed by atoms with E-state index in [4.69, 9.17) is 14.2 Å². The van der Waals surface area contributed by atoms with E-state index in [2.05, 4.69) is 46.2 Å². The molecule has 0 fully saturated rings. The Morgan fingerprint density at radius 1 is 1.20 bits per heavy atom. The quantitative estimate of drug-likeness (QED) is 0.133. The molecule has 2 heterocycles. The van der Waals surface area contributed by atoms with Crippen LogP contribution in [0.4, 0.5) is 0 Å². The fourth-order valence-electron chi connectivity index (χ4n) is 4.43. The topological polar surface area (TPSA) is 112 Å². The van der Waals surface area contributed by atoms with Gasteiger partial charge < -0.3 is 24.4 Å². The molecule has 1 aliphatic rings. The number of nitrogens with zero attached hydrogens (tertiary/aromatic N) is 3. The molecule has 2 aromatic carbocycles. The van der Waals surface area contributed by atoms with Crippen LogP contribution in [0.1, 0.15) is 39.0 Å². The number of benzene rings is 2. The van der Waals surface area contributed by atoms with Crippen molar-refractivity contribution in [3.63, 3.8) is 0 Å². The predicted molar refractivity (Wildman–Crippen MR) is 161 cm³/mol. The molecule has 0 aliphatic carbocycles. The predicted octanol–water partition coefficient (Wildman–Crippen LogP) is 4.29. The van der Waals surface area contributed by atoms with Gasteiger partial charge in [-0.15, -0.1) is 0 Å². The maximum atomic E-state index is 14.0. The van der Waals surface area contributed by atoms with Gasteiger partial charge in [-0.1, -0.05) is 49.6 Å². The molecule has 4 rings (SSSR count). The van der Waals surface area contributed by atoms with Crippen molar-refractivity contribution in [2.75, 3.05) is 18.3 Å². The van der Waals surface area contributed by atoms with Crippen LogP contribution in [0, 0.1) is 0 Å². The molecule has 0 spiro atoms. The molecule has 0 saturated carbocycles. The van der Waals surface area contributed by atoms with E-state index in [1.54, 1.807) is 32.2 Å². The summed E-state index contributed by atoms with van der Waals surface area (Å²) in [6.07, 6.45) is 1.49. The molecule has 1 unspecified atom stereocenters. The summed E-state index contributed by atoms with van der Waals surface area (Å²) in [6.45, 7) is 9.28. The zero-order chi connectivity index (χ0) is 29.6. The van der Waals surface area contributed by atoms with E-state index in [0.717, 1.165) is 5.56 Å². The summed E-state index contributed by atoms with van der Waals surface area (Å²) in [4.78, 5) is 42.0. The Hall–Kier alpha value is -4.13. The van der Waals surface area contributed by atoms with Crippen LogP contribution in [0.15, 0.2) is 79.4 Å². The highest BCUT2D eigenvalue weighted by molar-refractivity contribution is 14.1. The molecule has 3 aromatic rings. The van der Waals surface area contributed by atoms with Crippen LogP contribution in [0.2, 0.25) is 0 Å². The van der Waals surface area contributed by atoms with Crippen LogP contribution >= 0.6 is 22.6 Å². The van der Waals surface area contributed by atoms with Gasteiger partial charge in [0.1, 0.15) is 34.0 Å². The number of rotatable bonds is 12. The minimum atomic E-state index is -1.37. The van der Waals surface area contributed by atoms with Crippen LogP contribution in [0.3, 0.4) is 0 Å². The highest BCUT2D eigenvalue weighted by atomic mass is 127. The van der Waals surface area contributed by atoms with Gasteiger partial charge in [0.05, 0.1) is 20.2 Å². The number of halogens is 1. The SMILES string of the molecule is C=CC(=C)COC(=O)c1cc2n(n1)CC(C)(C(=O)NCc1ccccc1)N(Cc1cc(OC)ccc1OCI)C2=O. The van der Waals surface area contributed by atoms with Gasteiger partial charge in [-0.2, -0.15) is 5.10 Å². The van der Waals surface area contributed by atoms with Crippen LogP contribution in [-0.4, -0.2) is 56.3 Å². The lowest BCUT2D eigenvalue weighted by molar-refractivity contribution is -0.133. The third-order valence-corrected chi connectivity index (χ3v) is 7.09. The molecule has 0 saturated heterocycles. The van der Waals surface area contributed by atoms with Gasteiger partial charge in [-0.05, 0) is 58.9 Å². The Morgan fingerprint density at radius 3 is 2.63 bits per heavy atom. The Bertz CT molecular complexity index is 1470. The standard InChI is InChI=1S/C30H31IN4O6/c1-5-20(2)17-40-28(37)24-14-25-27(36)34(16-22-13-23(39-4)11-12-26(22)41-19-31)30(3,18-35(25)33-24)29(38)32-15-21-9-7-6-8-10-21/h5-14H,1-2,15-19H2,3-4H3,(H,32,38). The summed E-state index contributed by atoms with van der Waals surface area (Å²) in [7, 11) is 1.55. The number of carbonyl (C=O) groups is 3. The first-order valence-corrected chi connectivity index (χ1v) is 14.3. The van der Waals surface area contributed by atoms with Gasteiger partial charge in [-0.3, -0.25) is 14.3 Å². The second kappa shape index (κ2) is 13.0. The first-order valence-electron chi connectivity index (χ1n) is 12.7. The summed E-state index contributed by atoms with van der Waals surface area (Å²) < 4.78 is 18.2. The smallest absolute Gasteiger partial charge is 0.359 e. The van der Waals surface area contributed by atoms with E-state index in [-0.39, 0.29) is 43.5 Å². The van der Waals surface area contributed by atoms with Crippen molar-refractivity contribution in [3.05, 3.63) is 102 Å². The third kappa shape index (κ3) is 6.62. The number of nitrogens with one attached hydrogen (secondary N) is 1. The average molecular weight is 671 g/mol. The van der Waals surface area contributed by atoms with Gasteiger partial charge in [-0.25, -0.2) is 4.79 Å². The maximum Gasteiger partial charge on any atom is 0.359 e. The van der Waals surface area contributed by atoms with Gasteiger partial charge in [0, 0.05) is 18.2 Å². The molecular weight excluding hydrogens is 639 g/mol. The minimum absolute atomic E-state index is 0.00772. The van der Waals surface area contributed by atoms with Crippen LogP contribution in [0.5, 0.6) is 11.5 Å². The lowest BCUT2D eigenvalue weighted by Gasteiger charge is -2.43. The summed E-state index contributed by atoms with van der Waals surface area (Å²) >= 11 is 2.09. The summed E-state index contributed by atoms with van der Waals surface area (Å²) in [5.41, 5.74) is 0.839. The highest BCUT2D eigenvalue weighted by Gasteiger charge is 2.48. The molecule has 41 heavy (non-hydrogen) atoms. The second-order valence-corrected chi connectivity index (χ2v) is 10.2. The number of fused-ring (bicyclic) bond motifs is 1. The highest BCUT2D eigenvalue weighted by Crippen LogP contribution is 2.33. The number of esters is 1. The molecule has 11 heteroatoms. The molecule has 10 nitrogen and oxygen atoms in total. The van der Waals surface area contributed by atoms with E-state index in [9.17, 15) is 14.4 Å². The lowest BCUT2D eigenvalue weighted by Crippen LogP contribution is -2.63. The van der Waals surface area contributed by atoms with E-state index < -0.39 is 17.4 Å². The van der Waals surface area contributed by atoms with E-state index in [1.165, 1.54) is 21.7 Å². The number of hydrogen-bond donors (Lipinski definition) is 1. The second-order valence-electron chi connectivity index (χ2n) is 9.57. The van der Waals surface area contributed by atoms with Crippen LogP contribution in [-0.2, 0) is 29.2 Å². The number of carbonyl (C=O) groups excluding carboxylic acids is 3. The summed E-state index contributed by atoms with van der Waals surface area (Å²) in [5.74, 6) is -0.419. The molecule has 0 radical (unpaired) electrons. The van der Waals surface area contributed by atoms with Crippen molar-refractivity contribution in [1.29, 1.82) is 0 Å². The molecule has 1 aromatic heterocycles. The fraction of sp³-hybridized carbons (Fsp3) is 0.267. The molecule has 1 N–H and O–H groups in total. The Morgan fingerprint density at radius 2 is 1.95 bits per heavy atom. The first kappa shape index (κ1) is 29.8. The number of hydrogen-bond acceptors (Lipinski definition) is 7. The zero-order valence-corrected chi connectivity index (χ0v) is 25.0. The molecule has 1 aliphatic heterocycles. The monoisotopic (exact) mass is 670 g/mol. The number of amides is 2. The zero-order valence-electron chi connectivity index (χ0n) is 22.9. The Balaban J connectivity index is 1.70. The number of aromatic nitrogens is 2. The van der Waals surface area contributed by atoms with E-state index in [1.807, 2.05) is 30.3 Å². The number of ether oxygens (including phenoxy) is 3. The van der Waals surface area contributed by atoms with Gasteiger partial charge in [0.15, 0.2) is 5.69 Å². The summed E-state index contributed by atoms with van der Waals surface area (Å²) in [6, 6.07) is 16.2. The molecule has 214 valence electrons. The van der Waals surface area contributed by atoms with E-state index in [0.29, 0.717) is 27.2 Å². The average Bonchev–Trinajstić information content (AvgIpc) is 3.41. The van der Waals surface area contributed by atoms with Crippen molar-refractivity contribution < 1.29 is 28.6 Å². The minimum Gasteiger partial charge on any atom is -0.497 e.